The molecule has 2 atom stereocenters. The van der Waals surface area contributed by atoms with Gasteiger partial charge in [-0.3, -0.25) is 9.59 Å². The fraction of sp³-hybridized carbons (Fsp3) is 0.333. The first-order valence-electron chi connectivity index (χ1n) is 7.87. The topological polar surface area (TPSA) is 71.3 Å². The molecule has 0 spiro atoms. The molecule has 5 nitrogen and oxygen atoms in total. The molecule has 1 aromatic heterocycles. The lowest BCUT2D eigenvalue weighted by Crippen LogP contribution is -2.26. The smallest absolute Gasteiger partial charge is 0.228 e. The van der Waals surface area contributed by atoms with E-state index in [2.05, 4.69) is 17.6 Å². The van der Waals surface area contributed by atoms with Crippen LogP contribution >= 0.6 is 0 Å². The summed E-state index contributed by atoms with van der Waals surface area (Å²) in [5, 5.41) is 5.67. The normalized spacial score (nSPS) is 19.2. The maximum Gasteiger partial charge on any atom is 0.228 e. The van der Waals surface area contributed by atoms with E-state index in [1.165, 1.54) is 5.56 Å². The number of carbonyl (C=O) groups excluding carboxylic acids is 2. The van der Waals surface area contributed by atoms with Crippen LogP contribution in [0.3, 0.4) is 0 Å². The molecule has 0 aliphatic heterocycles. The van der Waals surface area contributed by atoms with E-state index in [-0.39, 0.29) is 23.7 Å². The number of carbonyl (C=O) groups is 2. The van der Waals surface area contributed by atoms with Gasteiger partial charge in [0.15, 0.2) is 0 Å². The summed E-state index contributed by atoms with van der Waals surface area (Å²) in [6.45, 7) is 2.44. The number of benzene rings is 1. The minimum Gasteiger partial charge on any atom is -0.467 e. The van der Waals surface area contributed by atoms with Crippen LogP contribution in [-0.2, 0) is 22.6 Å². The summed E-state index contributed by atoms with van der Waals surface area (Å²) in [7, 11) is 0. The third kappa shape index (κ3) is 3.80. The summed E-state index contributed by atoms with van der Waals surface area (Å²) in [6.07, 6.45) is 3.14. The number of nitrogens with one attached hydrogen (secondary N) is 2. The number of hydrogen-bond acceptors (Lipinski definition) is 3. The van der Waals surface area contributed by atoms with Crippen molar-refractivity contribution < 1.29 is 14.0 Å². The Morgan fingerprint density at radius 3 is 2.52 bits per heavy atom. The van der Waals surface area contributed by atoms with Crippen molar-refractivity contribution in [3.05, 3.63) is 54.0 Å². The molecule has 0 bridgehead atoms. The van der Waals surface area contributed by atoms with E-state index in [9.17, 15) is 9.59 Å². The molecule has 2 amide bonds. The minimum absolute atomic E-state index is 0.0904. The lowest BCUT2D eigenvalue weighted by Gasteiger charge is -2.06. The average molecular weight is 312 g/mol. The van der Waals surface area contributed by atoms with Gasteiger partial charge in [0.2, 0.25) is 11.8 Å². The molecule has 2 aromatic rings. The second-order valence-corrected chi connectivity index (χ2v) is 5.79. The summed E-state index contributed by atoms with van der Waals surface area (Å²) in [6, 6.07) is 11.4. The number of aryl methyl sites for hydroxylation is 1. The fourth-order valence-electron chi connectivity index (χ4n) is 2.55. The SMILES string of the molecule is CCc1ccc(NC(=O)C2CC2C(=O)NCc2ccco2)cc1. The van der Waals surface area contributed by atoms with Gasteiger partial charge in [-0.2, -0.15) is 0 Å². The lowest BCUT2D eigenvalue weighted by molar-refractivity contribution is -0.125. The van der Waals surface area contributed by atoms with Gasteiger partial charge < -0.3 is 15.1 Å². The molecular formula is C18H20N2O3. The molecule has 1 aliphatic carbocycles. The monoisotopic (exact) mass is 312 g/mol. The third-order valence-electron chi connectivity index (χ3n) is 4.11. The van der Waals surface area contributed by atoms with Crippen LogP contribution in [0.25, 0.3) is 0 Å². The minimum atomic E-state index is -0.238. The van der Waals surface area contributed by atoms with E-state index in [1.54, 1.807) is 18.4 Å². The summed E-state index contributed by atoms with van der Waals surface area (Å²) >= 11 is 0. The molecule has 1 aromatic carbocycles. The first-order valence-corrected chi connectivity index (χ1v) is 7.87. The third-order valence-corrected chi connectivity index (χ3v) is 4.11. The van der Waals surface area contributed by atoms with Crippen LogP contribution in [0.4, 0.5) is 5.69 Å². The molecular weight excluding hydrogens is 292 g/mol. The second-order valence-electron chi connectivity index (χ2n) is 5.79. The van der Waals surface area contributed by atoms with Crippen molar-refractivity contribution in [3.8, 4) is 0 Å². The van der Waals surface area contributed by atoms with E-state index in [1.807, 2.05) is 24.3 Å². The van der Waals surface area contributed by atoms with Crippen LogP contribution in [0, 0.1) is 11.8 Å². The van der Waals surface area contributed by atoms with Gasteiger partial charge >= 0.3 is 0 Å². The van der Waals surface area contributed by atoms with Gasteiger partial charge in [0, 0.05) is 5.69 Å². The van der Waals surface area contributed by atoms with Gasteiger partial charge in [0.05, 0.1) is 24.6 Å². The summed E-state index contributed by atoms with van der Waals surface area (Å²) in [4.78, 5) is 24.2. The Labute approximate surface area is 135 Å². The van der Waals surface area contributed by atoms with Crippen LogP contribution in [0.2, 0.25) is 0 Å². The number of rotatable bonds is 6. The molecule has 2 unspecified atom stereocenters. The highest BCUT2D eigenvalue weighted by molar-refractivity contribution is 5.99. The van der Waals surface area contributed by atoms with E-state index >= 15 is 0 Å². The lowest BCUT2D eigenvalue weighted by atomic mass is 10.1. The van der Waals surface area contributed by atoms with Crippen LogP contribution in [0.15, 0.2) is 47.1 Å². The number of hydrogen-bond donors (Lipinski definition) is 2. The van der Waals surface area contributed by atoms with Crippen LogP contribution in [0.5, 0.6) is 0 Å². The van der Waals surface area contributed by atoms with Crippen LogP contribution < -0.4 is 10.6 Å². The molecule has 2 N–H and O–H groups in total. The van der Waals surface area contributed by atoms with Crippen molar-refractivity contribution in [2.45, 2.75) is 26.3 Å². The molecule has 0 saturated heterocycles. The molecule has 5 heteroatoms. The molecule has 1 saturated carbocycles. The highest BCUT2D eigenvalue weighted by Crippen LogP contribution is 2.39. The van der Waals surface area contributed by atoms with Crippen molar-refractivity contribution in [2.75, 3.05) is 5.32 Å². The van der Waals surface area contributed by atoms with E-state index in [0.717, 1.165) is 12.1 Å². The first-order chi connectivity index (χ1) is 11.2. The predicted molar refractivity (Wildman–Crippen MR) is 86.6 cm³/mol. The quantitative estimate of drug-likeness (QED) is 0.861. The molecule has 1 heterocycles. The second kappa shape index (κ2) is 6.69. The van der Waals surface area contributed by atoms with E-state index in [0.29, 0.717) is 18.7 Å². The maximum absolute atomic E-state index is 12.2. The highest BCUT2D eigenvalue weighted by atomic mass is 16.3. The van der Waals surface area contributed by atoms with Gasteiger partial charge in [-0.1, -0.05) is 19.1 Å². The van der Waals surface area contributed by atoms with E-state index in [4.69, 9.17) is 4.42 Å². The molecule has 1 aliphatic rings. The van der Waals surface area contributed by atoms with Gasteiger partial charge in [-0.15, -0.1) is 0 Å². The Balaban J connectivity index is 1.47. The van der Waals surface area contributed by atoms with Crippen molar-refractivity contribution in [3.63, 3.8) is 0 Å². The zero-order valence-corrected chi connectivity index (χ0v) is 13.0. The summed E-state index contributed by atoms with van der Waals surface area (Å²) in [5.41, 5.74) is 2.00. The van der Waals surface area contributed by atoms with Crippen molar-refractivity contribution >= 4 is 17.5 Å². The van der Waals surface area contributed by atoms with Gasteiger partial charge in [-0.25, -0.2) is 0 Å². The molecule has 3 rings (SSSR count). The summed E-state index contributed by atoms with van der Waals surface area (Å²) < 4.78 is 5.16. The molecule has 0 radical (unpaired) electrons. The van der Waals surface area contributed by atoms with Crippen LogP contribution in [-0.4, -0.2) is 11.8 Å². The van der Waals surface area contributed by atoms with Crippen LogP contribution in [0.1, 0.15) is 24.7 Å². The maximum atomic E-state index is 12.2. The molecule has 23 heavy (non-hydrogen) atoms. The predicted octanol–water partition coefficient (Wildman–Crippen LogP) is 2.73. The standard InChI is InChI=1S/C18H20N2O3/c1-2-12-5-7-13(8-6-12)20-18(22)16-10-15(16)17(21)19-11-14-4-3-9-23-14/h3-9,15-16H,2,10-11H2,1H3,(H,19,21)(H,20,22). The Bertz CT molecular complexity index is 677. The Morgan fingerprint density at radius 1 is 1.13 bits per heavy atom. The average Bonchev–Trinajstić information content (AvgIpc) is 3.21. The summed E-state index contributed by atoms with van der Waals surface area (Å²) in [5.74, 6) is 0.0450. The van der Waals surface area contributed by atoms with Crippen molar-refractivity contribution in [1.29, 1.82) is 0 Å². The van der Waals surface area contributed by atoms with Crippen molar-refractivity contribution in [2.24, 2.45) is 11.8 Å². The van der Waals surface area contributed by atoms with Gasteiger partial charge in [0.25, 0.3) is 0 Å². The number of amides is 2. The molecule has 1 fully saturated rings. The van der Waals surface area contributed by atoms with Gasteiger partial charge in [-0.05, 0) is 42.7 Å². The zero-order chi connectivity index (χ0) is 16.2. The largest absolute Gasteiger partial charge is 0.467 e. The zero-order valence-electron chi connectivity index (χ0n) is 13.0. The first kappa shape index (κ1) is 15.3. The van der Waals surface area contributed by atoms with E-state index < -0.39 is 0 Å². The molecule has 120 valence electrons. The Morgan fingerprint density at radius 2 is 1.87 bits per heavy atom. The van der Waals surface area contributed by atoms with Gasteiger partial charge in [0.1, 0.15) is 5.76 Å². The number of furan rings is 1. The van der Waals surface area contributed by atoms with Crippen molar-refractivity contribution in [1.82, 2.24) is 5.32 Å². The fourth-order valence-corrected chi connectivity index (χ4v) is 2.55. The Kier molecular flexibility index (Phi) is 4.46. The Hall–Kier alpha value is -2.56. The number of anilines is 1. The highest BCUT2D eigenvalue weighted by Gasteiger charge is 2.47.